The second kappa shape index (κ2) is 7.07. The molecule has 2 rings (SSSR count). The van der Waals surface area contributed by atoms with Gasteiger partial charge in [-0.2, -0.15) is 0 Å². The Balaban J connectivity index is 1.94. The molecule has 0 aliphatic rings. The van der Waals surface area contributed by atoms with Gasteiger partial charge in [-0.05, 0) is 36.6 Å². The molecule has 1 aromatic carbocycles. The number of hydrogen-bond donors (Lipinski definition) is 3. The van der Waals surface area contributed by atoms with E-state index in [0.717, 1.165) is 23.4 Å². The number of anilines is 1. The van der Waals surface area contributed by atoms with Crippen LogP contribution in [0.25, 0.3) is 0 Å². The summed E-state index contributed by atoms with van der Waals surface area (Å²) in [5.74, 6) is -0.390. The molecule has 0 saturated carbocycles. The number of aliphatic hydroxyl groups excluding tert-OH is 1. The molecule has 2 aromatic rings. The molecule has 0 saturated heterocycles. The van der Waals surface area contributed by atoms with Crippen molar-refractivity contribution in [3.63, 3.8) is 0 Å². The van der Waals surface area contributed by atoms with Gasteiger partial charge in [-0.1, -0.05) is 12.1 Å². The van der Waals surface area contributed by atoms with Crippen LogP contribution < -0.4 is 11.1 Å². The van der Waals surface area contributed by atoms with Crippen molar-refractivity contribution in [1.82, 2.24) is 0 Å². The molecule has 20 heavy (non-hydrogen) atoms. The zero-order valence-electron chi connectivity index (χ0n) is 11.1. The van der Waals surface area contributed by atoms with E-state index in [0.29, 0.717) is 12.1 Å². The molecule has 5 heteroatoms. The van der Waals surface area contributed by atoms with Crippen LogP contribution in [-0.4, -0.2) is 17.6 Å². The van der Waals surface area contributed by atoms with Gasteiger partial charge in [0.2, 0.25) is 5.91 Å². The molecule has 0 aliphatic carbocycles. The molecule has 1 aromatic heterocycles. The summed E-state index contributed by atoms with van der Waals surface area (Å²) in [6, 6.07) is 9.95. The van der Waals surface area contributed by atoms with Crippen LogP contribution >= 0.6 is 11.3 Å². The van der Waals surface area contributed by atoms with Crippen LogP contribution in [0, 0.1) is 0 Å². The van der Waals surface area contributed by atoms with Crippen molar-refractivity contribution in [2.45, 2.75) is 19.4 Å². The van der Waals surface area contributed by atoms with Crippen LogP contribution in [-0.2, 0) is 13.0 Å². The minimum Gasteiger partial charge on any atom is -0.396 e. The molecule has 4 N–H and O–H groups in total. The van der Waals surface area contributed by atoms with Crippen LogP contribution in [0.1, 0.15) is 27.2 Å². The highest BCUT2D eigenvalue weighted by atomic mass is 32.1. The summed E-state index contributed by atoms with van der Waals surface area (Å²) < 4.78 is 0. The summed E-state index contributed by atoms with van der Waals surface area (Å²) in [6.07, 6.45) is 1.65. The quantitative estimate of drug-likeness (QED) is 0.733. The minimum absolute atomic E-state index is 0.211. The lowest BCUT2D eigenvalue weighted by atomic mass is 10.1. The molecule has 1 heterocycles. The summed E-state index contributed by atoms with van der Waals surface area (Å²) in [5.41, 5.74) is 8.02. The molecule has 0 bridgehead atoms. The molecule has 0 atom stereocenters. The molecule has 106 valence electrons. The Kier molecular flexibility index (Phi) is 5.15. The third-order valence-corrected chi connectivity index (χ3v) is 3.89. The van der Waals surface area contributed by atoms with Gasteiger partial charge >= 0.3 is 0 Å². The Morgan fingerprint density at radius 2 is 2.20 bits per heavy atom. The molecule has 1 amide bonds. The van der Waals surface area contributed by atoms with Gasteiger partial charge in [0, 0.05) is 29.1 Å². The molecule has 0 unspecified atom stereocenters. The third kappa shape index (κ3) is 4.08. The number of aryl methyl sites for hydroxylation is 1. The van der Waals surface area contributed by atoms with E-state index in [1.807, 2.05) is 18.2 Å². The average Bonchev–Trinajstić information content (AvgIpc) is 2.92. The second-order valence-electron chi connectivity index (χ2n) is 4.55. The van der Waals surface area contributed by atoms with Crippen molar-refractivity contribution in [3.8, 4) is 0 Å². The first-order chi connectivity index (χ1) is 9.69. The zero-order valence-corrected chi connectivity index (χ0v) is 12.0. The van der Waals surface area contributed by atoms with Gasteiger partial charge < -0.3 is 16.2 Å². The Bertz CT molecular complexity index is 581. The molecule has 0 aliphatic heterocycles. The Hall–Kier alpha value is -1.85. The molecular weight excluding hydrogens is 272 g/mol. The number of carbonyl (C=O) groups is 1. The smallest absolute Gasteiger partial charge is 0.249 e. The van der Waals surface area contributed by atoms with Crippen LogP contribution in [0.3, 0.4) is 0 Å². The number of amides is 1. The summed E-state index contributed by atoms with van der Waals surface area (Å²) in [4.78, 5) is 12.1. The Morgan fingerprint density at radius 1 is 1.35 bits per heavy atom. The van der Waals surface area contributed by atoms with E-state index in [9.17, 15) is 4.79 Å². The van der Waals surface area contributed by atoms with Gasteiger partial charge in [0.25, 0.3) is 0 Å². The molecular formula is C15H18N2O2S. The fraction of sp³-hybridized carbons (Fsp3) is 0.267. The lowest BCUT2D eigenvalue weighted by Crippen LogP contribution is -2.09. The van der Waals surface area contributed by atoms with Crippen molar-refractivity contribution in [2.24, 2.45) is 5.73 Å². The number of hydrogen-bond acceptors (Lipinski definition) is 4. The zero-order chi connectivity index (χ0) is 14.4. The number of nitrogens with two attached hydrogens (primary N) is 1. The predicted octanol–water partition coefficient (Wildman–Crippen LogP) is 2.38. The number of benzene rings is 1. The SMILES string of the molecule is NC(=O)c1csc(CNc2cccc(CCCO)c2)c1. The van der Waals surface area contributed by atoms with Gasteiger partial charge in [-0.3, -0.25) is 4.79 Å². The van der Waals surface area contributed by atoms with Crippen molar-refractivity contribution in [3.05, 3.63) is 51.7 Å². The largest absolute Gasteiger partial charge is 0.396 e. The van der Waals surface area contributed by atoms with Crippen molar-refractivity contribution in [2.75, 3.05) is 11.9 Å². The number of rotatable bonds is 7. The van der Waals surface area contributed by atoms with Crippen molar-refractivity contribution < 1.29 is 9.90 Å². The minimum atomic E-state index is -0.390. The van der Waals surface area contributed by atoms with E-state index in [4.69, 9.17) is 10.8 Å². The highest BCUT2D eigenvalue weighted by Gasteiger charge is 2.04. The summed E-state index contributed by atoms with van der Waals surface area (Å²) in [6.45, 7) is 0.879. The van der Waals surface area contributed by atoms with E-state index in [-0.39, 0.29) is 6.61 Å². The van der Waals surface area contributed by atoms with Crippen LogP contribution in [0.2, 0.25) is 0 Å². The lowest BCUT2D eigenvalue weighted by Gasteiger charge is -2.07. The highest BCUT2D eigenvalue weighted by Crippen LogP contribution is 2.17. The fourth-order valence-electron chi connectivity index (χ4n) is 1.91. The van der Waals surface area contributed by atoms with E-state index >= 15 is 0 Å². The maximum Gasteiger partial charge on any atom is 0.249 e. The van der Waals surface area contributed by atoms with Gasteiger partial charge in [0.15, 0.2) is 0 Å². The first-order valence-electron chi connectivity index (χ1n) is 6.50. The highest BCUT2D eigenvalue weighted by molar-refractivity contribution is 7.10. The van der Waals surface area contributed by atoms with E-state index in [1.54, 1.807) is 5.38 Å². The van der Waals surface area contributed by atoms with Crippen LogP contribution in [0.4, 0.5) is 5.69 Å². The average molecular weight is 290 g/mol. The first kappa shape index (κ1) is 14.6. The Morgan fingerprint density at radius 3 is 2.90 bits per heavy atom. The van der Waals surface area contributed by atoms with Crippen LogP contribution in [0.5, 0.6) is 0 Å². The van der Waals surface area contributed by atoms with Crippen molar-refractivity contribution >= 4 is 22.9 Å². The van der Waals surface area contributed by atoms with Gasteiger partial charge in [0.1, 0.15) is 0 Å². The van der Waals surface area contributed by atoms with E-state index in [2.05, 4.69) is 17.4 Å². The van der Waals surface area contributed by atoms with E-state index in [1.165, 1.54) is 16.9 Å². The summed E-state index contributed by atoms with van der Waals surface area (Å²) >= 11 is 1.52. The fourth-order valence-corrected chi connectivity index (χ4v) is 2.72. The predicted molar refractivity (Wildman–Crippen MR) is 82.0 cm³/mol. The third-order valence-electron chi connectivity index (χ3n) is 2.96. The number of carbonyl (C=O) groups excluding carboxylic acids is 1. The molecule has 0 spiro atoms. The lowest BCUT2D eigenvalue weighted by molar-refractivity contribution is 0.100. The van der Waals surface area contributed by atoms with Crippen LogP contribution in [0.15, 0.2) is 35.7 Å². The molecule has 0 fully saturated rings. The first-order valence-corrected chi connectivity index (χ1v) is 7.38. The summed E-state index contributed by atoms with van der Waals surface area (Å²) in [5, 5.41) is 13.9. The normalized spacial score (nSPS) is 10.4. The van der Waals surface area contributed by atoms with E-state index < -0.39 is 5.91 Å². The van der Waals surface area contributed by atoms with Gasteiger partial charge in [-0.15, -0.1) is 11.3 Å². The molecule has 4 nitrogen and oxygen atoms in total. The molecule has 0 radical (unpaired) electrons. The topological polar surface area (TPSA) is 75.4 Å². The number of aliphatic hydroxyl groups is 1. The van der Waals surface area contributed by atoms with Gasteiger partial charge in [0.05, 0.1) is 5.56 Å². The number of nitrogens with one attached hydrogen (secondary N) is 1. The second-order valence-corrected chi connectivity index (χ2v) is 5.54. The summed E-state index contributed by atoms with van der Waals surface area (Å²) in [7, 11) is 0. The Labute approximate surface area is 122 Å². The maximum atomic E-state index is 11.0. The van der Waals surface area contributed by atoms with Crippen molar-refractivity contribution in [1.29, 1.82) is 0 Å². The number of thiophene rings is 1. The maximum absolute atomic E-state index is 11.0. The monoisotopic (exact) mass is 290 g/mol. The standard InChI is InChI=1S/C15H18N2O2S/c16-15(19)12-8-14(20-10-12)9-17-13-5-1-3-11(7-13)4-2-6-18/h1,3,5,7-8,10,17-18H,2,4,6,9H2,(H2,16,19). The van der Waals surface area contributed by atoms with Gasteiger partial charge in [-0.25, -0.2) is 0 Å². The number of primary amides is 1.